The van der Waals surface area contributed by atoms with Gasteiger partial charge in [-0.25, -0.2) is 0 Å². The van der Waals surface area contributed by atoms with Gasteiger partial charge in [0.25, 0.3) is 0 Å². The number of rotatable bonds is 10. The number of carbonyl (C=O) groups is 1. The first-order valence-electron chi connectivity index (χ1n) is 8.32. The molecular weight excluding hydrogens is 295 g/mol. The van der Waals surface area contributed by atoms with Crippen LogP contribution < -0.4 is 34.7 Å². The molecule has 1 aromatic rings. The first-order valence-corrected chi connectivity index (χ1v) is 8.32. The molecule has 120 valence electrons. The summed E-state index contributed by atoms with van der Waals surface area (Å²) in [5, 5.41) is 10.8. The number of hydrogen-bond donors (Lipinski definition) is 0. The second-order valence-electron chi connectivity index (χ2n) is 5.65. The summed E-state index contributed by atoms with van der Waals surface area (Å²) in [5.74, 6) is -1.03. The molecule has 2 nitrogen and oxygen atoms in total. The van der Waals surface area contributed by atoms with E-state index in [2.05, 4.69) is 44.2 Å². The minimum Gasteiger partial charge on any atom is -0.550 e. The average Bonchev–Trinajstić information content (AvgIpc) is 2.47. The van der Waals surface area contributed by atoms with Gasteiger partial charge in [0, 0.05) is 12.4 Å². The molecule has 0 aliphatic heterocycles. The fourth-order valence-electron chi connectivity index (χ4n) is 2.29. The average molecular weight is 322 g/mol. The Hall–Kier alpha value is -0.830. The van der Waals surface area contributed by atoms with Gasteiger partial charge in [-0.15, -0.1) is 0 Å². The molecule has 0 saturated heterocycles. The molecule has 0 spiro atoms. The third-order valence-corrected chi connectivity index (χ3v) is 3.46. The largest absolute Gasteiger partial charge is 1.00 e. The van der Waals surface area contributed by atoms with E-state index >= 15 is 0 Å². The molecular formula is C20H27NaO2. The Kier molecular flexibility index (Phi) is 13.1. The van der Waals surface area contributed by atoms with E-state index in [1.807, 2.05) is 12.1 Å². The van der Waals surface area contributed by atoms with Crippen molar-refractivity contribution in [2.24, 2.45) is 0 Å². The third-order valence-electron chi connectivity index (χ3n) is 3.46. The van der Waals surface area contributed by atoms with Crippen LogP contribution in [0.5, 0.6) is 0 Å². The molecule has 0 radical (unpaired) electrons. The van der Waals surface area contributed by atoms with E-state index in [0.717, 1.165) is 29.5 Å². The monoisotopic (exact) mass is 322 g/mol. The van der Waals surface area contributed by atoms with E-state index in [0.29, 0.717) is 0 Å². The maximum atomic E-state index is 10.8. The molecule has 23 heavy (non-hydrogen) atoms. The number of hydrogen-bond acceptors (Lipinski definition) is 2. The summed E-state index contributed by atoms with van der Waals surface area (Å²) in [5.41, 5.74) is 2.92. The molecule has 0 saturated carbocycles. The molecule has 1 aromatic carbocycles. The summed E-state index contributed by atoms with van der Waals surface area (Å²) in [6.07, 6.45) is 15.3. The zero-order valence-corrected chi connectivity index (χ0v) is 16.8. The standard InChI is InChI=1S/C20H28O2.Na/c1-3-5-7-9-11-17-13-18(12-10-8-6-4-2)15-19(14-17)16-20(21)22;/h9-15H,3-8,16H2,1-2H3,(H,21,22);/q;+1/p-1/b11-9+,12-10+;. The van der Waals surface area contributed by atoms with Gasteiger partial charge in [-0.1, -0.05) is 76.0 Å². The molecule has 1 rings (SSSR count). The topological polar surface area (TPSA) is 40.1 Å². The van der Waals surface area contributed by atoms with Gasteiger partial charge >= 0.3 is 29.6 Å². The van der Waals surface area contributed by atoms with Crippen LogP contribution in [-0.2, 0) is 11.2 Å². The maximum Gasteiger partial charge on any atom is 1.00 e. The van der Waals surface area contributed by atoms with Crippen LogP contribution in [0.25, 0.3) is 12.2 Å². The number of allylic oxidation sites excluding steroid dienone is 2. The van der Waals surface area contributed by atoms with Crippen LogP contribution in [-0.4, -0.2) is 5.97 Å². The van der Waals surface area contributed by atoms with Gasteiger partial charge in [-0.3, -0.25) is 0 Å². The van der Waals surface area contributed by atoms with Gasteiger partial charge in [0.05, 0.1) is 0 Å². The second kappa shape index (κ2) is 13.6. The predicted molar refractivity (Wildman–Crippen MR) is 92.3 cm³/mol. The van der Waals surface area contributed by atoms with Gasteiger partial charge in [0.15, 0.2) is 0 Å². The number of unbranched alkanes of at least 4 members (excludes halogenated alkanes) is 4. The SMILES string of the molecule is CCCC/C=C/c1cc(/C=C/CCCC)cc(CC(=O)[O-])c1.[Na+]. The van der Waals surface area contributed by atoms with Crippen LogP contribution in [0.2, 0.25) is 0 Å². The molecule has 0 aromatic heterocycles. The van der Waals surface area contributed by atoms with Gasteiger partial charge in [-0.2, -0.15) is 0 Å². The summed E-state index contributed by atoms with van der Waals surface area (Å²) in [7, 11) is 0. The summed E-state index contributed by atoms with van der Waals surface area (Å²) < 4.78 is 0. The van der Waals surface area contributed by atoms with E-state index in [1.165, 1.54) is 25.7 Å². The molecule has 0 atom stereocenters. The number of aliphatic carboxylic acids is 1. The van der Waals surface area contributed by atoms with Gasteiger partial charge in [0.2, 0.25) is 0 Å². The Morgan fingerprint density at radius 2 is 1.43 bits per heavy atom. The third kappa shape index (κ3) is 10.5. The van der Waals surface area contributed by atoms with E-state index in [4.69, 9.17) is 0 Å². The fourth-order valence-corrected chi connectivity index (χ4v) is 2.29. The minimum absolute atomic E-state index is 0. The Bertz CT molecular complexity index is 482. The van der Waals surface area contributed by atoms with Gasteiger partial charge < -0.3 is 9.90 Å². The van der Waals surface area contributed by atoms with Crippen molar-refractivity contribution in [1.29, 1.82) is 0 Å². The van der Waals surface area contributed by atoms with Crippen LogP contribution >= 0.6 is 0 Å². The van der Waals surface area contributed by atoms with Crippen LogP contribution in [0.1, 0.15) is 69.1 Å². The van der Waals surface area contributed by atoms with Crippen molar-refractivity contribution in [3.05, 3.63) is 47.0 Å². The summed E-state index contributed by atoms with van der Waals surface area (Å²) in [6.45, 7) is 4.35. The molecule has 0 unspecified atom stereocenters. The first kappa shape index (κ1) is 22.2. The van der Waals surface area contributed by atoms with E-state index < -0.39 is 5.97 Å². The second-order valence-corrected chi connectivity index (χ2v) is 5.65. The van der Waals surface area contributed by atoms with Crippen LogP contribution in [0.3, 0.4) is 0 Å². The van der Waals surface area contributed by atoms with Crippen LogP contribution in [0.15, 0.2) is 30.4 Å². The van der Waals surface area contributed by atoms with Crippen molar-refractivity contribution >= 4 is 18.1 Å². The zero-order chi connectivity index (χ0) is 16.2. The van der Waals surface area contributed by atoms with E-state index in [1.54, 1.807) is 0 Å². The predicted octanol–water partition coefficient (Wildman–Crippen LogP) is 1.39. The Labute approximate surface area is 163 Å². The summed E-state index contributed by atoms with van der Waals surface area (Å²) >= 11 is 0. The first-order chi connectivity index (χ1) is 10.7. The number of carbonyl (C=O) groups excluding carboxylic acids is 1. The van der Waals surface area contributed by atoms with Crippen molar-refractivity contribution in [1.82, 2.24) is 0 Å². The van der Waals surface area contributed by atoms with E-state index in [9.17, 15) is 9.90 Å². The van der Waals surface area contributed by atoms with Crippen molar-refractivity contribution in [2.75, 3.05) is 0 Å². The van der Waals surface area contributed by atoms with Crippen molar-refractivity contribution in [3.63, 3.8) is 0 Å². The molecule has 0 bridgehead atoms. The molecule has 0 aliphatic carbocycles. The van der Waals surface area contributed by atoms with Crippen molar-refractivity contribution in [2.45, 2.75) is 58.8 Å². The zero-order valence-electron chi connectivity index (χ0n) is 14.8. The van der Waals surface area contributed by atoms with Crippen molar-refractivity contribution in [3.8, 4) is 0 Å². The molecule has 0 aliphatic rings. The number of benzene rings is 1. The number of carboxylic acids is 1. The smallest absolute Gasteiger partial charge is 0.550 e. The minimum atomic E-state index is -1.03. The van der Waals surface area contributed by atoms with E-state index in [-0.39, 0.29) is 36.0 Å². The molecule has 0 N–H and O–H groups in total. The Balaban J connectivity index is 0.00000484. The fraction of sp³-hybridized carbons (Fsp3) is 0.450. The van der Waals surface area contributed by atoms with Gasteiger partial charge in [0.1, 0.15) is 0 Å². The maximum absolute atomic E-state index is 10.8. The Morgan fingerprint density at radius 3 is 1.83 bits per heavy atom. The number of carboxylic acid groups (broad SMARTS) is 1. The summed E-state index contributed by atoms with van der Waals surface area (Å²) in [4.78, 5) is 10.8. The summed E-state index contributed by atoms with van der Waals surface area (Å²) in [6, 6.07) is 5.97. The Morgan fingerprint density at radius 1 is 0.957 bits per heavy atom. The van der Waals surface area contributed by atoms with Gasteiger partial charge in [-0.05, 0) is 35.6 Å². The normalized spacial score (nSPS) is 11.0. The van der Waals surface area contributed by atoms with Crippen molar-refractivity contribution < 1.29 is 39.5 Å². The quantitative estimate of drug-likeness (QED) is 0.482. The van der Waals surface area contributed by atoms with Crippen LogP contribution in [0.4, 0.5) is 0 Å². The molecule has 0 fully saturated rings. The molecule has 3 heteroatoms. The molecule has 0 amide bonds. The molecule has 0 heterocycles. The van der Waals surface area contributed by atoms with Crippen LogP contribution in [0, 0.1) is 0 Å².